The molecule has 0 aliphatic carbocycles. The maximum atomic E-state index is 5.91. The first kappa shape index (κ1) is 8.75. The first-order valence-corrected chi connectivity index (χ1v) is 6.00. The molecule has 0 bridgehead atoms. The minimum Gasteiger partial charge on any atom is -0.327 e. The van der Waals surface area contributed by atoms with Crippen molar-refractivity contribution >= 4 is 23.5 Å². The summed E-state index contributed by atoms with van der Waals surface area (Å²) in [6, 6.07) is 0.429. The van der Waals surface area contributed by atoms with E-state index in [1.54, 1.807) is 0 Å². The van der Waals surface area contributed by atoms with E-state index in [2.05, 4.69) is 18.7 Å². The Hall–Kier alpha value is 0.660. The van der Waals surface area contributed by atoms with E-state index < -0.39 is 0 Å². The summed E-state index contributed by atoms with van der Waals surface area (Å²) in [7, 11) is 0. The minimum absolute atomic E-state index is 0.429. The van der Waals surface area contributed by atoms with Crippen LogP contribution in [0.1, 0.15) is 13.3 Å². The Morgan fingerprint density at radius 1 is 1.60 bits per heavy atom. The second-order valence-electron chi connectivity index (χ2n) is 2.56. The van der Waals surface area contributed by atoms with E-state index in [1.165, 1.54) is 17.3 Å². The molecule has 0 aromatic rings. The van der Waals surface area contributed by atoms with Crippen molar-refractivity contribution in [3.8, 4) is 0 Å². The van der Waals surface area contributed by atoms with Crippen LogP contribution in [-0.4, -0.2) is 28.6 Å². The fourth-order valence-corrected chi connectivity index (χ4v) is 3.93. The minimum atomic E-state index is 0.429. The number of hydrogen-bond acceptors (Lipinski definition) is 3. The van der Waals surface area contributed by atoms with Gasteiger partial charge in [-0.15, -0.1) is 0 Å². The summed E-state index contributed by atoms with van der Waals surface area (Å²) in [5, 5.41) is 0.726. The molecule has 2 unspecified atom stereocenters. The molecule has 1 saturated heterocycles. The zero-order valence-electron chi connectivity index (χ0n) is 6.38. The van der Waals surface area contributed by atoms with E-state index in [4.69, 9.17) is 5.73 Å². The first-order valence-electron chi connectivity index (χ1n) is 3.79. The van der Waals surface area contributed by atoms with Crippen LogP contribution in [0.4, 0.5) is 0 Å². The van der Waals surface area contributed by atoms with Crippen LogP contribution in [-0.2, 0) is 0 Å². The van der Waals surface area contributed by atoms with E-state index in [1.807, 2.05) is 11.8 Å². The van der Waals surface area contributed by atoms with E-state index in [0.29, 0.717) is 6.04 Å². The molecule has 0 aromatic heterocycles. The number of hydrogen-bond donors (Lipinski definition) is 1. The van der Waals surface area contributed by atoms with Crippen molar-refractivity contribution in [2.75, 3.05) is 17.3 Å². The van der Waals surface area contributed by atoms with Crippen molar-refractivity contribution in [2.45, 2.75) is 24.6 Å². The van der Waals surface area contributed by atoms with Gasteiger partial charge in [-0.25, -0.2) is 0 Å². The zero-order chi connectivity index (χ0) is 7.40. The molecule has 0 amide bonds. The second kappa shape index (κ2) is 4.52. The monoisotopic (exact) mass is 177 g/mol. The van der Waals surface area contributed by atoms with Crippen molar-refractivity contribution in [3.63, 3.8) is 0 Å². The number of rotatable bonds is 2. The van der Waals surface area contributed by atoms with Gasteiger partial charge in [-0.1, -0.05) is 6.92 Å². The van der Waals surface area contributed by atoms with Crippen LogP contribution in [0, 0.1) is 0 Å². The van der Waals surface area contributed by atoms with Gasteiger partial charge < -0.3 is 5.73 Å². The van der Waals surface area contributed by atoms with Crippen molar-refractivity contribution in [1.29, 1.82) is 0 Å². The summed E-state index contributed by atoms with van der Waals surface area (Å²) >= 11 is 4.10. The highest BCUT2D eigenvalue weighted by molar-refractivity contribution is 8.06. The van der Waals surface area contributed by atoms with Gasteiger partial charge in [0.1, 0.15) is 0 Å². The molecular weight excluding hydrogens is 162 g/mol. The highest BCUT2D eigenvalue weighted by Crippen LogP contribution is 2.26. The molecule has 3 heteroatoms. The summed E-state index contributed by atoms with van der Waals surface area (Å²) in [5.74, 6) is 3.88. The van der Waals surface area contributed by atoms with Gasteiger partial charge in [-0.05, 0) is 6.42 Å². The van der Waals surface area contributed by atoms with Crippen LogP contribution in [0.3, 0.4) is 0 Å². The molecule has 1 aliphatic heterocycles. The average molecular weight is 177 g/mol. The van der Waals surface area contributed by atoms with Crippen molar-refractivity contribution in [3.05, 3.63) is 0 Å². The fraction of sp³-hybridized carbons (Fsp3) is 1.00. The second-order valence-corrected chi connectivity index (χ2v) is 5.05. The van der Waals surface area contributed by atoms with Gasteiger partial charge in [0.25, 0.3) is 0 Å². The van der Waals surface area contributed by atoms with Crippen LogP contribution in [0.5, 0.6) is 0 Å². The van der Waals surface area contributed by atoms with E-state index in [0.717, 1.165) is 11.7 Å². The first-order chi connectivity index (χ1) is 4.84. The lowest BCUT2D eigenvalue weighted by molar-refractivity contribution is 0.646. The number of thioether (sulfide) groups is 2. The predicted molar refractivity (Wildman–Crippen MR) is 51.8 cm³/mol. The Balaban J connectivity index is 2.24. The van der Waals surface area contributed by atoms with Crippen LogP contribution < -0.4 is 5.73 Å². The van der Waals surface area contributed by atoms with Crippen molar-refractivity contribution in [2.24, 2.45) is 5.73 Å². The van der Waals surface area contributed by atoms with Gasteiger partial charge in [0, 0.05) is 28.6 Å². The average Bonchev–Trinajstić information content (AvgIpc) is 2.05. The molecule has 1 heterocycles. The highest BCUT2D eigenvalue weighted by Gasteiger charge is 2.19. The summed E-state index contributed by atoms with van der Waals surface area (Å²) < 4.78 is 0. The van der Waals surface area contributed by atoms with E-state index >= 15 is 0 Å². The van der Waals surface area contributed by atoms with Gasteiger partial charge in [-0.3, -0.25) is 0 Å². The lowest BCUT2D eigenvalue weighted by Crippen LogP contribution is -2.35. The van der Waals surface area contributed by atoms with Crippen molar-refractivity contribution < 1.29 is 0 Å². The van der Waals surface area contributed by atoms with E-state index in [9.17, 15) is 0 Å². The SMILES string of the molecule is CCC(N)C1CSCCS1. The lowest BCUT2D eigenvalue weighted by Gasteiger charge is -2.25. The molecule has 1 aliphatic rings. The molecule has 1 rings (SSSR count). The fourth-order valence-electron chi connectivity index (χ4n) is 1.02. The van der Waals surface area contributed by atoms with E-state index in [-0.39, 0.29) is 0 Å². The molecule has 0 aromatic carbocycles. The maximum absolute atomic E-state index is 5.91. The van der Waals surface area contributed by atoms with Gasteiger partial charge in [0.15, 0.2) is 0 Å². The normalized spacial score (nSPS) is 30.0. The molecule has 2 N–H and O–H groups in total. The van der Waals surface area contributed by atoms with Crippen LogP contribution >= 0.6 is 23.5 Å². The Kier molecular flexibility index (Phi) is 3.96. The maximum Gasteiger partial charge on any atom is 0.0289 e. The van der Waals surface area contributed by atoms with Gasteiger partial charge in [0.2, 0.25) is 0 Å². The molecule has 60 valence electrons. The van der Waals surface area contributed by atoms with Gasteiger partial charge >= 0.3 is 0 Å². The molecule has 1 nitrogen and oxygen atoms in total. The Bertz CT molecular complexity index is 91.6. The third-order valence-corrected chi connectivity index (χ3v) is 4.73. The molecule has 0 saturated carbocycles. The molecule has 10 heavy (non-hydrogen) atoms. The zero-order valence-corrected chi connectivity index (χ0v) is 8.01. The summed E-state index contributed by atoms with van der Waals surface area (Å²) in [5.41, 5.74) is 5.91. The third-order valence-electron chi connectivity index (χ3n) is 1.79. The lowest BCUT2D eigenvalue weighted by atomic mass is 10.2. The molecular formula is C7H15NS2. The number of nitrogens with two attached hydrogens (primary N) is 1. The molecule has 2 atom stereocenters. The Morgan fingerprint density at radius 2 is 2.40 bits per heavy atom. The Labute approximate surface area is 71.5 Å². The smallest absolute Gasteiger partial charge is 0.0289 e. The van der Waals surface area contributed by atoms with Crippen molar-refractivity contribution in [1.82, 2.24) is 0 Å². The Morgan fingerprint density at radius 3 is 2.90 bits per heavy atom. The summed E-state index contributed by atoms with van der Waals surface area (Å²) in [4.78, 5) is 0. The molecule has 0 radical (unpaired) electrons. The quantitative estimate of drug-likeness (QED) is 0.693. The molecule has 0 spiro atoms. The van der Waals surface area contributed by atoms with Crippen LogP contribution in [0.25, 0.3) is 0 Å². The van der Waals surface area contributed by atoms with Crippen LogP contribution in [0.15, 0.2) is 0 Å². The predicted octanol–water partition coefficient (Wildman–Crippen LogP) is 1.57. The molecule has 1 fully saturated rings. The summed E-state index contributed by atoms with van der Waals surface area (Å²) in [6.45, 7) is 2.17. The third kappa shape index (κ3) is 2.36. The topological polar surface area (TPSA) is 26.0 Å². The van der Waals surface area contributed by atoms with Crippen LogP contribution in [0.2, 0.25) is 0 Å². The summed E-state index contributed by atoms with van der Waals surface area (Å²) in [6.07, 6.45) is 1.12. The van der Waals surface area contributed by atoms with Gasteiger partial charge in [0.05, 0.1) is 0 Å². The standard InChI is InChI=1S/C7H15NS2/c1-2-6(8)7-5-9-3-4-10-7/h6-7H,2-5,8H2,1H3. The largest absolute Gasteiger partial charge is 0.327 e. The van der Waals surface area contributed by atoms with Gasteiger partial charge in [-0.2, -0.15) is 23.5 Å². The highest BCUT2D eigenvalue weighted by atomic mass is 32.2.